The molecule has 4 saturated heterocycles. The van der Waals surface area contributed by atoms with Crippen LogP contribution in [0.1, 0.15) is 19.3 Å². The van der Waals surface area contributed by atoms with Crippen molar-refractivity contribution >= 4 is 15.9 Å². The van der Waals surface area contributed by atoms with E-state index >= 15 is 0 Å². The monoisotopic (exact) mass is 180 g/mol. The van der Waals surface area contributed by atoms with Gasteiger partial charge >= 0.3 is 60.4 Å². The van der Waals surface area contributed by atoms with Crippen LogP contribution < -0.4 is 0 Å². The Kier molecular flexibility index (Phi) is 0.988. The molecule has 0 radical (unpaired) electrons. The Bertz CT molecular complexity index is 166. The van der Waals surface area contributed by atoms with Crippen LogP contribution >= 0.6 is 15.9 Å². The third-order valence-corrected chi connectivity index (χ3v) is 10.8. The van der Waals surface area contributed by atoms with Crippen molar-refractivity contribution in [3.8, 4) is 0 Å². The van der Waals surface area contributed by atoms with Crippen LogP contribution in [0.3, 0.4) is 0 Å². The van der Waals surface area contributed by atoms with Crippen LogP contribution in [0.2, 0.25) is 0 Å². The summed E-state index contributed by atoms with van der Waals surface area (Å²) in [5.74, 6) is 0. The number of rotatable bonds is 0. The molecule has 2 bridgehead atoms. The first-order valence-electron chi connectivity index (χ1n) is 3.73. The first-order chi connectivity index (χ1) is 4.81. The van der Waals surface area contributed by atoms with Gasteiger partial charge in [0.25, 0.3) is 0 Å². The summed E-state index contributed by atoms with van der Waals surface area (Å²) < 4.78 is 16.8. The van der Waals surface area contributed by atoms with Crippen LogP contribution in [-0.2, 0) is 12.9 Å². The van der Waals surface area contributed by atoms with E-state index in [1.807, 2.05) is 0 Å². The molecule has 4 aliphatic rings. The molecule has 4 aliphatic heterocycles. The van der Waals surface area contributed by atoms with Crippen LogP contribution in [0.25, 0.3) is 0 Å². The van der Waals surface area contributed by atoms with E-state index in [4.69, 9.17) is 12.9 Å². The maximum atomic E-state index is 5.59. The summed E-state index contributed by atoms with van der Waals surface area (Å²) in [5, 5.41) is 0. The van der Waals surface area contributed by atoms with Gasteiger partial charge in [0.05, 0.1) is 0 Å². The predicted molar refractivity (Wildman–Crippen MR) is 40.7 cm³/mol. The van der Waals surface area contributed by atoms with E-state index in [9.17, 15) is 0 Å². The van der Waals surface area contributed by atoms with E-state index < -0.39 is 15.9 Å². The molecule has 5 heteroatoms. The van der Waals surface area contributed by atoms with E-state index in [1.165, 1.54) is 19.3 Å². The number of hydrogen-bond acceptors (Lipinski definition) is 3. The van der Waals surface area contributed by atoms with Gasteiger partial charge in [-0.3, -0.25) is 0 Å². The summed E-state index contributed by atoms with van der Waals surface area (Å²) >= 11 is 0. The van der Waals surface area contributed by atoms with Crippen molar-refractivity contribution in [3.05, 3.63) is 0 Å². The molecular weight excluding hydrogens is 170 g/mol. The normalized spacial score (nSPS) is 50.0. The minimum absolute atomic E-state index is 0.797. The second-order valence-electron chi connectivity index (χ2n) is 3.20. The van der Waals surface area contributed by atoms with Crippen LogP contribution in [0, 0.1) is 0 Å². The fourth-order valence-corrected chi connectivity index (χ4v) is 9.40. The average Bonchev–Trinajstić information content (AvgIpc) is 1.84. The third kappa shape index (κ3) is 0.554. The SMILES string of the molecule is C1CCP23(CC1)OP(O2)O3. The van der Waals surface area contributed by atoms with E-state index in [0.717, 1.165) is 12.3 Å². The van der Waals surface area contributed by atoms with Crippen molar-refractivity contribution in [2.45, 2.75) is 19.3 Å². The summed E-state index contributed by atoms with van der Waals surface area (Å²) in [5.41, 5.74) is 0. The Balaban J connectivity index is 1.88. The van der Waals surface area contributed by atoms with Crippen molar-refractivity contribution in [2.75, 3.05) is 12.3 Å². The molecule has 0 saturated carbocycles. The van der Waals surface area contributed by atoms with Gasteiger partial charge in [-0.1, -0.05) is 0 Å². The van der Waals surface area contributed by atoms with Gasteiger partial charge in [-0.15, -0.1) is 0 Å². The zero-order valence-corrected chi connectivity index (χ0v) is 7.44. The van der Waals surface area contributed by atoms with Gasteiger partial charge in [-0.2, -0.15) is 0 Å². The molecular formula is C5H10O3P2. The zero-order valence-electron chi connectivity index (χ0n) is 5.65. The summed E-state index contributed by atoms with van der Waals surface area (Å²) in [6.07, 6.45) is 5.95. The van der Waals surface area contributed by atoms with Crippen LogP contribution in [0.4, 0.5) is 0 Å². The summed E-state index contributed by atoms with van der Waals surface area (Å²) in [6, 6.07) is 0. The van der Waals surface area contributed by atoms with Crippen LogP contribution in [-0.4, -0.2) is 12.3 Å². The molecule has 0 amide bonds. The quantitative estimate of drug-likeness (QED) is 0.536. The minimum atomic E-state index is -2.22. The molecule has 58 valence electrons. The van der Waals surface area contributed by atoms with Crippen molar-refractivity contribution < 1.29 is 12.9 Å². The Hall–Kier alpha value is 0.740. The van der Waals surface area contributed by atoms with Crippen molar-refractivity contribution in [1.29, 1.82) is 0 Å². The Morgan fingerprint density at radius 1 is 0.900 bits per heavy atom. The molecule has 0 aromatic heterocycles. The van der Waals surface area contributed by atoms with Crippen molar-refractivity contribution in [3.63, 3.8) is 0 Å². The molecule has 4 fully saturated rings. The molecule has 0 aromatic carbocycles. The molecule has 0 unspecified atom stereocenters. The Morgan fingerprint density at radius 3 is 1.80 bits per heavy atom. The van der Waals surface area contributed by atoms with Gasteiger partial charge < -0.3 is 0 Å². The summed E-state index contributed by atoms with van der Waals surface area (Å²) in [6.45, 7) is 0. The van der Waals surface area contributed by atoms with Gasteiger partial charge in [0, 0.05) is 0 Å². The van der Waals surface area contributed by atoms with Gasteiger partial charge in [-0.25, -0.2) is 0 Å². The first-order valence-corrected chi connectivity index (χ1v) is 7.18. The molecule has 0 atom stereocenters. The summed E-state index contributed by atoms with van der Waals surface area (Å²) in [4.78, 5) is 0. The first kappa shape index (κ1) is 6.28. The molecule has 0 N–H and O–H groups in total. The fraction of sp³-hybridized carbons (Fsp3) is 1.00. The molecule has 4 heterocycles. The average molecular weight is 180 g/mol. The van der Waals surface area contributed by atoms with Crippen LogP contribution in [0.15, 0.2) is 0 Å². The third-order valence-electron chi connectivity index (χ3n) is 2.43. The fourth-order valence-electron chi connectivity index (χ4n) is 1.83. The van der Waals surface area contributed by atoms with E-state index in [-0.39, 0.29) is 0 Å². The Morgan fingerprint density at radius 2 is 1.50 bits per heavy atom. The van der Waals surface area contributed by atoms with Gasteiger partial charge in [0.1, 0.15) is 0 Å². The van der Waals surface area contributed by atoms with Gasteiger partial charge in [-0.05, 0) is 0 Å². The topological polar surface area (TPSA) is 27.7 Å². The van der Waals surface area contributed by atoms with Crippen molar-refractivity contribution in [2.24, 2.45) is 0 Å². The van der Waals surface area contributed by atoms with E-state index in [0.29, 0.717) is 0 Å². The number of hydrogen-bond donors (Lipinski definition) is 0. The van der Waals surface area contributed by atoms with E-state index in [2.05, 4.69) is 0 Å². The predicted octanol–water partition coefficient (Wildman–Crippen LogP) is 2.77. The van der Waals surface area contributed by atoms with Gasteiger partial charge in [0.2, 0.25) is 0 Å². The molecule has 10 heavy (non-hydrogen) atoms. The van der Waals surface area contributed by atoms with Gasteiger partial charge in [0.15, 0.2) is 0 Å². The standard InChI is InChI=1S/C5H10O3P2/c1-2-4-10(5-3-1)6-9(7-10)8-10/h1-5H2. The molecule has 0 aromatic rings. The van der Waals surface area contributed by atoms with E-state index in [1.54, 1.807) is 0 Å². The molecule has 4 rings (SSSR count). The van der Waals surface area contributed by atoms with Crippen molar-refractivity contribution in [1.82, 2.24) is 0 Å². The second kappa shape index (κ2) is 1.57. The Labute approximate surface area is 61.2 Å². The zero-order chi connectivity index (χ0) is 6.68. The second-order valence-corrected chi connectivity index (χ2v) is 8.94. The summed E-state index contributed by atoms with van der Waals surface area (Å²) in [7, 11) is -3.01. The molecule has 0 aliphatic carbocycles. The molecule has 3 nitrogen and oxygen atoms in total. The maximum absolute atomic E-state index is 5.59. The van der Waals surface area contributed by atoms with Crippen LogP contribution in [0.5, 0.6) is 0 Å². The molecule has 1 spiro atoms.